The van der Waals surface area contributed by atoms with Crippen LogP contribution in [0.1, 0.15) is 34.1 Å². The Hall–Kier alpha value is -0.940. The highest BCUT2D eigenvalue weighted by Crippen LogP contribution is 2.42. The Balaban J connectivity index is 0.000000497. The fraction of sp³-hybridized carbons (Fsp3) is 0.786. The van der Waals surface area contributed by atoms with Crippen LogP contribution in [0.3, 0.4) is 0 Å². The molecule has 1 atom stereocenters. The van der Waals surface area contributed by atoms with Crippen LogP contribution >= 0.6 is 0 Å². The van der Waals surface area contributed by atoms with Crippen molar-refractivity contribution in [1.29, 1.82) is 0 Å². The van der Waals surface area contributed by atoms with E-state index in [9.17, 15) is 0 Å². The molecule has 1 fully saturated rings. The van der Waals surface area contributed by atoms with Gasteiger partial charge in [-0.2, -0.15) is 5.10 Å². The predicted molar refractivity (Wildman–Crippen MR) is 92.5 cm³/mol. The monoisotopic (exact) mass is 289 g/mol. The van der Waals surface area contributed by atoms with Gasteiger partial charge in [-0.15, -0.1) is 0 Å². The van der Waals surface area contributed by atoms with Crippen molar-refractivity contribution in [2.45, 2.75) is 59.5 Å². The first-order valence-corrected chi connectivity index (χ1v) is 8.05. The van der Waals surface area contributed by atoms with Gasteiger partial charge in [0.2, 0.25) is 0 Å². The van der Waals surface area contributed by atoms with Crippen molar-refractivity contribution < 1.29 is 0 Å². The number of aromatic nitrogens is 2. The van der Waals surface area contributed by atoms with Gasteiger partial charge in [-0.1, -0.05) is 33.9 Å². The average molecular weight is 289 g/mol. The SMILES string of the molecule is CB1N(C)B(C)N2c3ccnn3C(C)(C)C2N1C.CCC. The van der Waals surface area contributed by atoms with E-state index in [2.05, 4.69) is 85.6 Å². The minimum atomic E-state index is -0.00262. The fourth-order valence-corrected chi connectivity index (χ4v) is 3.60. The number of nitrogens with zero attached hydrogens (tertiary/aromatic N) is 5. The van der Waals surface area contributed by atoms with Crippen LogP contribution in [0.4, 0.5) is 5.82 Å². The van der Waals surface area contributed by atoms with E-state index in [1.165, 1.54) is 12.2 Å². The summed E-state index contributed by atoms with van der Waals surface area (Å²) in [6.07, 6.45) is 3.51. The molecular weight excluding hydrogens is 260 g/mol. The maximum absolute atomic E-state index is 4.52. The predicted octanol–water partition coefficient (Wildman–Crippen LogP) is 2.29. The van der Waals surface area contributed by atoms with E-state index >= 15 is 0 Å². The van der Waals surface area contributed by atoms with Crippen LogP contribution in [-0.4, -0.2) is 53.5 Å². The maximum atomic E-state index is 4.52. The van der Waals surface area contributed by atoms with Gasteiger partial charge in [-0.3, -0.25) is 0 Å². The Labute approximate surface area is 130 Å². The van der Waals surface area contributed by atoms with E-state index < -0.39 is 0 Å². The lowest BCUT2D eigenvalue weighted by atomic mass is 9.56. The quantitative estimate of drug-likeness (QED) is 0.685. The molecule has 116 valence electrons. The molecule has 3 heterocycles. The molecule has 7 heteroatoms. The molecule has 1 aromatic rings. The summed E-state index contributed by atoms with van der Waals surface area (Å²) in [7, 11) is 4.40. The molecule has 21 heavy (non-hydrogen) atoms. The number of rotatable bonds is 0. The zero-order chi connectivity index (χ0) is 15.9. The van der Waals surface area contributed by atoms with Crippen molar-refractivity contribution in [3.05, 3.63) is 12.3 Å². The van der Waals surface area contributed by atoms with E-state index in [4.69, 9.17) is 0 Å². The molecule has 1 saturated heterocycles. The largest absolute Gasteiger partial charge is 0.370 e. The topological polar surface area (TPSA) is 27.5 Å². The summed E-state index contributed by atoms with van der Waals surface area (Å²) in [5.41, 5.74) is -0.00262. The minimum absolute atomic E-state index is 0.00262. The van der Waals surface area contributed by atoms with Crippen molar-refractivity contribution in [3.8, 4) is 0 Å². The van der Waals surface area contributed by atoms with Crippen molar-refractivity contribution >= 4 is 19.8 Å². The van der Waals surface area contributed by atoms with Crippen LogP contribution in [0, 0.1) is 0 Å². The lowest BCUT2D eigenvalue weighted by molar-refractivity contribution is 0.193. The third-order valence-corrected chi connectivity index (χ3v) is 4.89. The molecule has 0 bridgehead atoms. The first-order chi connectivity index (χ1) is 9.78. The van der Waals surface area contributed by atoms with Gasteiger partial charge >= 0.3 is 6.98 Å². The molecule has 3 rings (SSSR count). The van der Waals surface area contributed by atoms with E-state index in [1.54, 1.807) is 0 Å². The van der Waals surface area contributed by atoms with E-state index in [0.29, 0.717) is 20.1 Å². The third kappa shape index (κ3) is 2.30. The minimum Gasteiger partial charge on any atom is -0.370 e. The second-order valence-corrected chi connectivity index (χ2v) is 6.84. The molecule has 1 aromatic heterocycles. The van der Waals surface area contributed by atoms with E-state index in [0.717, 1.165) is 0 Å². The van der Waals surface area contributed by atoms with Gasteiger partial charge < -0.3 is 14.3 Å². The van der Waals surface area contributed by atoms with Crippen molar-refractivity contribution in [2.24, 2.45) is 0 Å². The molecule has 0 amide bonds. The first-order valence-electron chi connectivity index (χ1n) is 8.05. The summed E-state index contributed by atoms with van der Waals surface area (Å²) in [6.45, 7) is 14.2. The summed E-state index contributed by atoms with van der Waals surface area (Å²) in [5.74, 6) is 1.23. The van der Waals surface area contributed by atoms with Crippen molar-refractivity contribution in [2.75, 3.05) is 18.9 Å². The lowest BCUT2D eigenvalue weighted by Crippen LogP contribution is -2.74. The number of fused-ring (bicyclic) bond motifs is 3. The first kappa shape index (κ1) is 16.4. The number of anilines is 1. The van der Waals surface area contributed by atoms with Crippen LogP contribution < -0.4 is 4.81 Å². The van der Waals surface area contributed by atoms with Gasteiger partial charge in [0.25, 0.3) is 6.98 Å². The highest BCUT2D eigenvalue weighted by Gasteiger charge is 2.55. The highest BCUT2D eigenvalue weighted by molar-refractivity contribution is 6.73. The molecule has 0 aromatic carbocycles. The zero-order valence-corrected chi connectivity index (χ0v) is 14.8. The van der Waals surface area contributed by atoms with Crippen LogP contribution in [0.2, 0.25) is 13.6 Å². The highest BCUT2D eigenvalue weighted by atomic mass is 15.5. The molecular formula is C14H29B2N5. The number of hydrogen-bond donors (Lipinski definition) is 0. The molecule has 0 N–H and O–H groups in total. The molecule has 0 saturated carbocycles. The van der Waals surface area contributed by atoms with Crippen molar-refractivity contribution in [3.63, 3.8) is 0 Å². The van der Waals surface area contributed by atoms with Gasteiger partial charge in [-0.25, -0.2) is 4.68 Å². The van der Waals surface area contributed by atoms with Crippen molar-refractivity contribution in [1.82, 2.24) is 19.3 Å². The van der Waals surface area contributed by atoms with Gasteiger partial charge in [0, 0.05) is 0 Å². The molecule has 1 unspecified atom stereocenters. The summed E-state index contributed by atoms with van der Waals surface area (Å²) in [5, 5.41) is 4.52. The fourth-order valence-electron chi connectivity index (χ4n) is 3.60. The van der Waals surface area contributed by atoms with Gasteiger partial charge in [0.05, 0.1) is 17.9 Å². The van der Waals surface area contributed by atoms with Crippen LogP contribution in [0.15, 0.2) is 12.3 Å². The molecule has 0 spiro atoms. The van der Waals surface area contributed by atoms with E-state index in [1.807, 2.05) is 6.20 Å². The standard InChI is InChI=1S/C11H21B2N5.C3H8/c1-11(2)10-15(5)12(3)16(6)13(4)17(10)9-7-8-14-18(9)11;1-3-2/h7-8,10H,1-6H3;3H2,1-2H3. The lowest BCUT2D eigenvalue weighted by Gasteiger charge is -2.52. The van der Waals surface area contributed by atoms with Gasteiger partial charge in [0.1, 0.15) is 5.82 Å². The Kier molecular flexibility index (Phi) is 4.45. The zero-order valence-electron chi connectivity index (χ0n) is 14.8. The Morgan fingerprint density at radius 2 is 1.76 bits per heavy atom. The second kappa shape index (κ2) is 5.69. The van der Waals surface area contributed by atoms with Crippen LogP contribution in [0.5, 0.6) is 0 Å². The molecule has 5 nitrogen and oxygen atoms in total. The summed E-state index contributed by atoms with van der Waals surface area (Å²) in [4.78, 5) is 4.92. The number of hydrogen-bond acceptors (Lipinski definition) is 4. The molecule has 0 aliphatic carbocycles. The molecule has 2 aliphatic heterocycles. The van der Waals surface area contributed by atoms with Gasteiger partial charge in [0.15, 0.2) is 0 Å². The average Bonchev–Trinajstić information content (AvgIpc) is 2.97. The third-order valence-electron chi connectivity index (χ3n) is 4.89. The van der Waals surface area contributed by atoms with Crippen LogP contribution in [-0.2, 0) is 5.54 Å². The van der Waals surface area contributed by atoms with Gasteiger partial charge in [-0.05, 0) is 34.0 Å². The Morgan fingerprint density at radius 1 is 1.19 bits per heavy atom. The Morgan fingerprint density at radius 3 is 2.33 bits per heavy atom. The summed E-state index contributed by atoms with van der Waals surface area (Å²) >= 11 is 0. The number of likely N-dealkylation sites (N-methyl/N-ethyl adjacent to an activating group) is 1. The van der Waals surface area contributed by atoms with E-state index in [-0.39, 0.29) is 5.54 Å². The summed E-state index contributed by atoms with van der Waals surface area (Å²) in [6, 6.07) is 2.12. The smallest absolute Gasteiger partial charge is 0.331 e. The normalized spacial score (nSPS) is 24.6. The molecule has 2 aliphatic rings. The summed E-state index contributed by atoms with van der Waals surface area (Å²) < 4.78 is 4.56. The maximum Gasteiger partial charge on any atom is 0.331 e. The van der Waals surface area contributed by atoms with Crippen LogP contribution in [0.25, 0.3) is 0 Å². The second-order valence-electron chi connectivity index (χ2n) is 6.84. The Bertz CT molecular complexity index is 489. The molecule has 0 radical (unpaired) electrons.